The van der Waals surface area contributed by atoms with Gasteiger partial charge >= 0.3 is 5.97 Å². The number of benzene rings is 3. The Hall–Kier alpha value is -3.27. The first-order valence-electron chi connectivity index (χ1n) is 8.48. The van der Waals surface area contributed by atoms with E-state index in [2.05, 4.69) is 17.1 Å². The quantitative estimate of drug-likeness (QED) is 0.529. The van der Waals surface area contributed by atoms with Crippen molar-refractivity contribution in [3.05, 3.63) is 76.9 Å². The van der Waals surface area contributed by atoms with Gasteiger partial charge in [0.25, 0.3) is 0 Å². The van der Waals surface area contributed by atoms with Gasteiger partial charge in [0.1, 0.15) is 5.75 Å². The number of phenolic OH excluding ortho intramolecular Hbond substituents is 1. The highest BCUT2D eigenvalue weighted by Crippen LogP contribution is 2.38. The molecule has 3 aromatic carbocycles. The zero-order valence-corrected chi connectivity index (χ0v) is 14.7. The van der Waals surface area contributed by atoms with Crippen LogP contribution in [-0.4, -0.2) is 23.2 Å². The van der Waals surface area contributed by atoms with Gasteiger partial charge in [0.15, 0.2) is 0 Å². The molecule has 0 saturated heterocycles. The van der Waals surface area contributed by atoms with E-state index in [9.17, 15) is 9.90 Å². The number of aromatic nitrogens is 1. The van der Waals surface area contributed by atoms with Crippen LogP contribution in [0.4, 0.5) is 0 Å². The smallest absolute Gasteiger partial charge is 0.338 e. The van der Waals surface area contributed by atoms with Crippen LogP contribution in [0.2, 0.25) is 0 Å². The number of aryl methyl sites for hydroxylation is 1. The number of rotatable bonds is 3. The Labute approximate surface area is 151 Å². The summed E-state index contributed by atoms with van der Waals surface area (Å²) in [5.74, 6) is -0.252. The molecule has 4 rings (SSSR count). The van der Waals surface area contributed by atoms with E-state index in [0.717, 1.165) is 28.6 Å². The molecule has 1 heterocycles. The molecular formula is C22H19NO3. The van der Waals surface area contributed by atoms with E-state index < -0.39 is 5.97 Å². The molecule has 0 fully saturated rings. The highest BCUT2D eigenvalue weighted by atomic mass is 16.5. The number of hydrogen-bond acceptors (Lipinski definition) is 3. The summed E-state index contributed by atoms with van der Waals surface area (Å²) in [6.45, 7) is 1.99. The van der Waals surface area contributed by atoms with Gasteiger partial charge in [0.2, 0.25) is 0 Å². The maximum absolute atomic E-state index is 12.2. The summed E-state index contributed by atoms with van der Waals surface area (Å²) >= 11 is 0. The van der Waals surface area contributed by atoms with E-state index in [0.29, 0.717) is 16.3 Å². The SMILES string of the molecule is COC(=O)c1cccc2[nH]c3c(Cc4ccccc4)c(C)cc(O)c3c12. The first kappa shape index (κ1) is 16.2. The topological polar surface area (TPSA) is 62.3 Å². The molecule has 0 aliphatic heterocycles. The molecule has 0 aliphatic rings. The van der Waals surface area contributed by atoms with Gasteiger partial charge in [-0.3, -0.25) is 0 Å². The molecule has 0 bridgehead atoms. The normalized spacial score (nSPS) is 11.2. The molecule has 4 aromatic rings. The lowest BCUT2D eigenvalue weighted by molar-refractivity contribution is 0.0603. The fourth-order valence-corrected chi connectivity index (χ4v) is 3.60. The Morgan fingerprint density at radius 1 is 1.08 bits per heavy atom. The molecule has 0 spiro atoms. The van der Waals surface area contributed by atoms with Crippen LogP contribution in [0, 0.1) is 6.92 Å². The molecule has 4 heteroatoms. The van der Waals surface area contributed by atoms with Gasteiger partial charge in [-0.2, -0.15) is 0 Å². The summed E-state index contributed by atoms with van der Waals surface area (Å²) in [4.78, 5) is 15.6. The van der Waals surface area contributed by atoms with Crippen LogP contribution in [0.1, 0.15) is 27.0 Å². The lowest BCUT2D eigenvalue weighted by Crippen LogP contribution is -2.01. The zero-order valence-electron chi connectivity index (χ0n) is 14.7. The van der Waals surface area contributed by atoms with Crippen molar-refractivity contribution in [2.75, 3.05) is 7.11 Å². The van der Waals surface area contributed by atoms with Crippen molar-refractivity contribution in [3.63, 3.8) is 0 Å². The van der Waals surface area contributed by atoms with Gasteiger partial charge in [-0.15, -0.1) is 0 Å². The molecule has 1 aromatic heterocycles. The highest BCUT2D eigenvalue weighted by Gasteiger charge is 2.20. The number of phenols is 1. The van der Waals surface area contributed by atoms with Gasteiger partial charge in [0, 0.05) is 10.9 Å². The number of H-pyrrole nitrogens is 1. The van der Waals surface area contributed by atoms with Crippen LogP contribution in [0.15, 0.2) is 54.6 Å². The third-order valence-corrected chi connectivity index (χ3v) is 4.84. The molecule has 2 N–H and O–H groups in total. The summed E-state index contributed by atoms with van der Waals surface area (Å²) in [7, 11) is 1.36. The van der Waals surface area contributed by atoms with Crippen LogP contribution in [0.5, 0.6) is 5.75 Å². The largest absolute Gasteiger partial charge is 0.507 e. The first-order valence-corrected chi connectivity index (χ1v) is 8.48. The van der Waals surface area contributed by atoms with Crippen molar-refractivity contribution in [3.8, 4) is 5.75 Å². The lowest BCUT2D eigenvalue weighted by Gasteiger charge is -2.10. The maximum Gasteiger partial charge on any atom is 0.338 e. The number of esters is 1. The average molecular weight is 345 g/mol. The predicted octanol–water partition coefficient (Wildman–Crippen LogP) is 4.71. The number of fused-ring (bicyclic) bond motifs is 3. The fraction of sp³-hybridized carbons (Fsp3) is 0.136. The van der Waals surface area contributed by atoms with E-state index in [4.69, 9.17) is 4.74 Å². The lowest BCUT2D eigenvalue weighted by atomic mass is 9.96. The molecule has 0 radical (unpaired) electrons. The molecular weight excluding hydrogens is 326 g/mol. The minimum atomic E-state index is -0.416. The van der Waals surface area contributed by atoms with Crippen LogP contribution < -0.4 is 0 Å². The highest BCUT2D eigenvalue weighted by molar-refractivity contribution is 6.19. The van der Waals surface area contributed by atoms with Crippen LogP contribution in [0.3, 0.4) is 0 Å². The zero-order chi connectivity index (χ0) is 18.3. The Balaban J connectivity index is 2.04. The molecule has 0 unspecified atom stereocenters. The molecule has 130 valence electrons. The van der Waals surface area contributed by atoms with E-state index in [1.54, 1.807) is 12.1 Å². The summed E-state index contributed by atoms with van der Waals surface area (Å²) < 4.78 is 4.92. The number of carbonyl (C=O) groups is 1. The number of methoxy groups -OCH3 is 1. The van der Waals surface area contributed by atoms with Crippen molar-refractivity contribution < 1.29 is 14.6 Å². The number of aromatic amines is 1. The van der Waals surface area contributed by atoms with Crippen LogP contribution >= 0.6 is 0 Å². The molecule has 0 atom stereocenters. The van der Waals surface area contributed by atoms with Crippen LogP contribution in [-0.2, 0) is 11.2 Å². The number of hydrogen-bond donors (Lipinski definition) is 2. The van der Waals surface area contributed by atoms with Gasteiger partial charge in [-0.1, -0.05) is 36.4 Å². The molecule has 4 nitrogen and oxygen atoms in total. The fourth-order valence-electron chi connectivity index (χ4n) is 3.60. The number of nitrogens with one attached hydrogen (secondary N) is 1. The molecule has 0 amide bonds. The Morgan fingerprint density at radius 2 is 1.85 bits per heavy atom. The van der Waals surface area contributed by atoms with E-state index >= 15 is 0 Å². The minimum Gasteiger partial charge on any atom is -0.507 e. The van der Waals surface area contributed by atoms with E-state index in [1.165, 1.54) is 12.7 Å². The third-order valence-electron chi connectivity index (χ3n) is 4.84. The van der Waals surface area contributed by atoms with Gasteiger partial charge < -0.3 is 14.8 Å². The Kier molecular flexibility index (Phi) is 3.88. The number of ether oxygens (including phenoxy) is 1. The summed E-state index contributed by atoms with van der Waals surface area (Å²) in [5, 5.41) is 12.0. The van der Waals surface area contributed by atoms with Gasteiger partial charge in [-0.25, -0.2) is 4.79 Å². The van der Waals surface area contributed by atoms with Gasteiger partial charge in [-0.05, 0) is 48.2 Å². The number of carbonyl (C=O) groups excluding carboxylic acids is 1. The second-order valence-corrected chi connectivity index (χ2v) is 6.45. The average Bonchev–Trinajstić information content (AvgIpc) is 3.05. The summed E-state index contributed by atoms with van der Waals surface area (Å²) in [6, 6.07) is 17.4. The standard InChI is InChI=1S/C22H19NO3/c1-13-11-18(24)20-19-15(22(25)26-2)9-6-10-17(19)23-21(20)16(13)12-14-7-4-3-5-8-14/h3-11,23-24H,12H2,1-2H3. The van der Waals surface area contributed by atoms with E-state index in [1.807, 2.05) is 37.3 Å². The van der Waals surface area contributed by atoms with Crippen molar-refractivity contribution in [2.45, 2.75) is 13.3 Å². The minimum absolute atomic E-state index is 0.164. The second kappa shape index (κ2) is 6.23. The van der Waals surface area contributed by atoms with Crippen molar-refractivity contribution in [2.24, 2.45) is 0 Å². The van der Waals surface area contributed by atoms with E-state index in [-0.39, 0.29) is 5.75 Å². The maximum atomic E-state index is 12.2. The molecule has 0 aliphatic carbocycles. The van der Waals surface area contributed by atoms with Crippen molar-refractivity contribution in [1.29, 1.82) is 0 Å². The number of aromatic hydroxyl groups is 1. The van der Waals surface area contributed by atoms with Crippen LogP contribution in [0.25, 0.3) is 21.8 Å². The Morgan fingerprint density at radius 3 is 2.58 bits per heavy atom. The summed E-state index contributed by atoms with van der Waals surface area (Å²) in [5.41, 5.74) is 5.41. The van der Waals surface area contributed by atoms with Crippen molar-refractivity contribution in [1.82, 2.24) is 4.98 Å². The van der Waals surface area contributed by atoms with Crippen molar-refractivity contribution >= 4 is 27.8 Å². The third kappa shape index (κ3) is 2.51. The Bertz CT molecular complexity index is 1130. The van der Waals surface area contributed by atoms with Gasteiger partial charge in [0.05, 0.1) is 23.6 Å². The molecule has 26 heavy (non-hydrogen) atoms. The monoisotopic (exact) mass is 345 g/mol. The second-order valence-electron chi connectivity index (χ2n) is 6.45. The summed E-state index contributed by atoms with van der Waals surface area (Å²) in [6.07, 6.45) is 0.740. The molecule has 0 saturated carbocycles. The predicted molar refractivity (Wildman–Crippen MR) is 103 cm³/mol. The first-order chi connectivity index (χ1) is 12.6.